The van der Waals surface area contributed by atoms with Gasteiger partial charge in [-0.25, -0.2) is 13.8 Å². The zero-order valence-electron chi connectivity index (χ0n) is 16.9. The van der Waals surface area contributed by atoms with Gasteiger partial charge in [0.2, 0.25) is 17.8 Å². The quantitative estimate of drug-likeness (QED) is 0.579. The summed E-state index contributed by atoms with van der Waals surface area (Å²) in [4.78, 5) is 34.9. The standard InChI is InChI=1S/C22H16ClF3N4O2/c1-10-5-17-19(21(26)28-10)20-14(6-12(24)8-27-20)11(2)22(32)30(17)9-18(31)29-13-3-4-15(23)16(25)7-13/h3-8,11H,9H2,1-2H3,(H,29,31)/t11-/m0/s1. The average Bonchev–Trinajstić information content (AvgIpc) is 2.80. The van der Waals surface area contributed by atoms with Crippen molar-refractivity contribution in [2.45, 2.75) is 19.8 Å². The van der Waals surface area contributed by atoms with Crippen LogP contribution < -0.4 is 10.2 Å². The van der Waals surface area contributed by atoms with Crippen LogP contribution in [-0.4, -0.2) is 28.3 Å². The second kappa shape index (κ2) is 8.23. The summed E-state index contributed by atoms with van der Waals surface area (Å²) in [5, 5.41) is 2.38. The number of aromatic nitrogens is 2. The minimum Gasteiger partial charge on any atom is -0.324 e. The second-order valence-electron chi connectivity index (χ2n) is 7.36. The monoisotopic (exact) mass is 460 g/mol. The molecule has 32 heavy (non-hydrogen) atoms. The number of fused-ring (bicyclic) bond motifs is 3. The van der Waals surface area contributed by atoms with E-state index in [0.29, 0.717) is 0 Å². The van der Waals surface area contributed by atoms with Gasteiger partial charge < -0.3 is 10.2 Å². The molecule has 0 fully saturated rings. The van der Waals surface area contributed by atoms with Gasteiger partial charge in [0.15, 0.2) is 0 Å². The van der Waals surface area contributed by atoms with Crippen LogP contribution >= 0.6 is 11.6 Å². The Hall–Kier alpha value is -3.46. The van der Waals surface area contributed by atoms with Crippen LogP contribution in [0.5, 0.6) is 0 Å². The van der Waals surface area contributed by atoms with Gasteiger partial charge in [0.1, 0.15) is 18.2 Å². The summed E-state index contributed by atoms with van der Waals surface area (Å²) < 4.78 is 42.5. The van der Waals surface area contributed by atoms with Gasteiger partial charge >= 0.3 is 0 Å². The Morgan fingerprint density at radius 3 is 2.69 bits per heavy atom. The number of hydrogen-bond acceptors (Lipinski definition) is 4. The van der Waals surface area contributed by atoms with Crippen LogP contribution in [0.25, 0.3) is 11.3 Å². The Morgan fingerprint density at radius 2 is 1.97 bits per heavy atom. The number of amides is 2. The Balaban J connectivity index is 1.77. The van der Waals surface area contributed by atoms with E-state index in [1.807, 2.05) is 0 Å². The molecule has 0 saturated carbocycles. The molecule has 0 saturated heterocycles. The van der Waals surface area contributed by atoms with Gasteiger partial charge in [-0.3, -0.25) is 14.6 Å². The number of aryl methyl sites for hydroxylation is 1. The smallest absolute Gasteiger partial charge is 0.244 e. The number of carbonyl (C=O) groups is 2. The van der Waals surface area contributed by atoms with Gasteiger partial charge in [0.05, 0.1) is 34.1 Å². The molecule has 1 aliphatic rings. The second-order valence-corrected chi connectivity index (χ2v) is 7.77. The molecule has 0 radical (unpaired) electrons. The first kappa shape index (κ1) is 21.8. The molecule has 1 aliphatic heterocycles. The van der Waals surface area contributed by atoms with Gasteiger partial charge in [-0.1, -0.05) is 11.6 Å². The van der Waals surface area contributed by atoms with Crippen LogP contribution in [0, 0.1) is 24.5 Å². The van der Waals surface area contributed by atoms with E-state index in [-0.39, 0.29) is 38.9 Å². The predicted molar refractivity (Wildman–Crippen MR) is 113 cm³/mol. The molecule has 10 heteroatoms. The first-order valence-electron chi connectivity index (χ1n) is 9.55. The minimum absolute atomic E-state index is 0.0786. The number of benzene rings is 1. The molecule has 3 heterocycles. The van der Waals surface area contributed by atoms with Crippen LogP contribution in [0.2, 0.25) is 5.02 Å². The zero-order valence-corrected chi connectivity index (χ0v) is 17.7. The molecular weight excluding hydrogens is 445 g/mol. The van der Waals surface area contributed by atoms with E-state index in [2.05, 4.69) is 15.3 Å². The molecule has 4 rings (SSSR count). The van der Waals surface area contributed by atoms with E-state index in [1.165, 1.54) is 32.0 Å². The maximum absolute atomic E-state index is 14.9. The summed E-state index contributed by atoms with van der Waals surface area (Å²) in [6.45, 7) is 2.56. The lowest BCUT2D eigenvalue weighted by molar-refractivity contribution is -0.122. The molecule has 0 aliphatic carbocycles. The number of nitrogens with zero attached hydrogens (tertiary/aromatic N) is 3. The van der Waals surface area contributed by atoms with Crippen LogP contribution in [-0.2, 0) is 9.59 Å². The molecule has 164 valence electrons. The van der Waals surface area contributed by atoms with Crippen molar-refractivity contribution in [1.29, 1.82) is 0 Å². The topological polar surface area (TPSA) is 75.2 Å². The summed E-state index contributed by atoms with van der Waals surface area (Å²) in [5.74, 6) is -4.42. The third-order valence-corrected chi connectivity index (χ3v) is 5.41. The van der Waals surface area contributed by atoms with Gasteiger partial charge in [0.25, 0.3) is 0 Å². The van der Waals surface area contributed by atoms with E-state index in [0.717, 1.165) is 23.2 Å². The van der Waals surface area contributed by atoms with Crippen LogP contribution in [0.15, 0.2) is 36.5 Å². The lowest BCUT2D eigenvalue weighted by Crippen LogP contribution is -2.40. The number of nitrogens with one attached hydrogen (secondary N) is 1. The normalized spacial score (nSPS) is 15.1. The molecule has 1 N–H and O–H groups in total. The van der Waals surface area contributed by atoms with E-state index in [4.69, 9.17) is 11.6 Å². The molecule has 3 aromatic rings. The van der Waals surface area contributed by atoms with Crippen LogP contribution in [0.4, 0.5) is 24.5 Å². The number of rotatable bonds is 3. The predicted octanol–water partition coefficient (Wildman–Crippen LogP) is 4.61. The first-order valence-corrected chi connectivity index (χ1v) is 9.92. The van der Waals surface area contributed by atoms with Gasteiger partial charge in [0, 0.05) is 11.4 Å². The third-order valence-electron chi connectivity index (χ3n) is 5.10. The highest BCUT2D eigenvalue weighted by Gasteiger charge is 2.35. The molecule has 0 bridgehead atoms. The Morgan fingerprint density at radius 1 is 1.22 bits per heavy atom. The fourth-order valence-electron chi connectivity index (χ4n) is 3.61. The molecule has 1 aromatic carbocycles. The lowest BCUT2D eigenvalue weighted by Gasteiger charge is -2.24. The van der Waals surface area contributed by atoms with Crippen LogP contribution in [0.1, 0.15) is 24.1 Å². The fraction of sp³-hybridized carbons (Fsp3) is 0.182. The number of pyridine rings is 2. The van der Waals surface area contributed by atoms with Crippen molar-refractivity contribution in [3.63, 3.8) is 0 Å². The first-order chi connectivity index (χ1) is 15.2. The third kappa shape index (κ3) is 3.91. The molecule has 2 amide bonds. The number of hydrogen-bond donors (Lipinski definition) is 1. The molecule has 6 nitrogen and oxygen atoms in total. The summed E-state index contributed by atoms with van der Waals surface area (Å²) in [5.41, 5.74) is 0.656. The van der Waals surface area contributed by atoms with Crippen molar-refractivity contribution in [2.75, 3.05) is 16.8 Å². The molecule has 0 spiro atoms. The van der Waals surface area contributed by atoms with Crippen molar-refractivity contribution in [3.05, 3.63) is 70.4 Å². The highest BCUT2D eigenvalue weighted by Crippen LogP contribution is 2.41. The maximum Gasteiger partial charge on any atom is 0.244 e. The Bertz CT molecular complexity index is 1270. The van der Waals surface area contributed by atoms with Crippen molar-refractivity contribution in [2.24, 2.45) is 0 Å². The van der Waals surface area contributed by atoms with Gasteiger partial charge in [-0.15, -0.1) is 0 Å². The van der Waals surface area contributed by atoms with Gasteiger partial charge in [-0.05, 0) is 49.7 Å². The summed E-state index contributed by atoms with van der Waals surface area (Å²) in [7, 11) is 0. The Labute approximate surface area is 186 Å². The summed E-state index contributed by atoms with van der Waals surface area (Å²) in [6, 6.07) is 6.30. The number of halogens is 4. The summed E-state index contributed by atoms with van der Waals surface area (Å²) in [6.07, 6.45) is 0.927. The van der Waals surface area contributed by atoms with Gasteiger partial charge in [-0.2, -0.15) is 4.39 Å². The van der Waals surface area contributed by atoms with E-state index >= 15 is 0 Å². The zero-order chi connectivity index (χ0) is 23.2. The van der Waals surface area contributed by atoms with E-state index in [9.17, 15) is 22.8 Å². The highest BCUT2D eigenvalue weighted by molar-refractivity contribution is 6.30. The minimum atomic E-state index is -0.916. The summed E-state index contributed by atoms with van der Waals surface area (Å²) >= 11 is 5.65. The molecule has 0 unspecified atom stereocenters. The van der Waals surface area contributed by atoms with Crippen molar-refractivity contribution in [3.8, 4) is 11.3 Å². The van der Waals surface area contributed by atoms with E-state index < -0.39 is 41.9 Å². The van der Waals surface area contributed by atoms with Crippen molar-refractivity contribution >= 4 is 34.8 Å². The largest absolute Gasteiger partial charge is 0.324 e. The molecule has 1 atom stereocenters. The van der Waals surface area contributed by atoms with E-state index in [1.54, 1.807) is 0 Å². The van der Waals surface area contributed by atoms with Crippen molar-refractivity contribution < 1.29 is 22.8 Å². The SMILES string of the molecule is Cc1cc2c(c(F)n1)-c1ncc(F)cc1[C@H](C)C(=O)N2CC(=O)Nc1ccc(Cl)c(F)c1. The average molecular weight is 461 g/mol. The fourth-order valence-corrected chi connectivity index (χ4v) is 3.73. The highest BCUT2D eigenvalue weighted by atomic mass is 35.5. The van der Waals surface area contributed by atoms with Crippen molar-refractivity contribution in [1.82, 2.24) is 9.97 Å². The Kier molecular flexibility index (Phi) is 5.60. The molecule has 2 aromatic heterocycles. The lowest BCUT2D eigenvalue weighted by atomic mass is 9.97. The number of anilines is 2. The van der Waals surface area contributed by atoms with Crippen LogP contribution in [0.3, 0.4) is 0 Å². The molecular formula is C22H16ClF3N4O2. The maximum atomic E-state index is 14.9. The number of carbonyl (C=O) groups excluding carboxylic acids is 2.